The highest BCUT2D eigenvalue weighted by molar-refractivity contribution is 6.01. The van der Waals surface area contributed by atoms with Gasteiger partial charge in [0.2, 0.25) is 0 Å². The molecule has 0 saturated carbocycles. The molecular weight excluding hydrogens is 328 g/mol. The second kappa shape index (κ2) is 5.95. The second-order valence-corrected chi connectivity index (χ2v) is 7.27. The molecule has 3 heterocycles. The molecular formula is C21H20N2O3. The molecule has 5 nitrogen and oxygen atoms in total. The average Bonchev–Trinajstić information content (AvgIpc) is 3.09. The first-order valence-corrected chi connectivity index (χ1v) is 9.14. The molecule has 1 amide bonds. The van der Waals surface area contributed by atoms with Gasteiger partial charge in [-0.3, -0.25) is 9.59 Å². The molecule has 2 aromatic rings. The highest BCUT2D eigenvalue weighted by Crippen LogP contribution is 2.36. The molecule has 1 saturated heterocycles. The molecule has 3 aliphatic rings. The van der Waals surface area contributed by atoms with E-state index in [1.165, 1.54) is 0 Å². The Morgan fingerprint density at radius 1 is 0.923 bits per heavy atom. The molecule has 1 fully saturated rings. The fourth-order valence-electron chi connectivity index (χ4n) is 4.33. The minimum absolute atomic E-state index is 0.00591. The zero-order valence-electron chi connectivity index (χ0n) is 14.4. The maximum Gasteiger partial charge on any atom is 0.251 e. The van der Waals surface area contributed by atoms with Crippen LogP contribution >= 0.6 is 0 Å². The van der Waals surface area contributed by atoms with Gasteiger partial charge in [-0.15, -0.1) is 0 Å². The van der Waals surface area contributed by atoms with Gasteiger partial charge in [0, 0.05) is 37.5 Å². The van der Waals surface area contributed by atoms with Crippen molar-refractivity contribution >= 4 is 11.7 Å². The Bertz CT molecular complexity index is 921. The van der Waals surface area contributed by atoms with Crippen LogP contribution in [0.4, 0.5) is 0 Å². The van der Waals surface area contributed by atoms with Gasteiger partial charge in [0.25, 0.3) is 5.91 Å². The summed E-state index contributed by atoms with van der Waals surface area (Å²) in [5.41, 5.74) is 4.39. The van der Waals surface area contributed by atoms with E-state index in [9.17, 15) is 9.59 Å². The van der Waals surface area contributed by atoms with Crippen LogP contribution in [-0.2, 0) is 0 Å². The Hall–Kier alpha value is -2.66. The highest BCUT2D eigenvalue weighted by Gasteiger charge is 2.34. The van der Waals surface area contributed by atoms with Crippen molar-refractivity contribution in [3.8, 4) is 16.9 Å². The molecule has 2 aromatic carbocycles. The van der Waals surface area contributed by atoms with Gasteiger partial charge in [0.05, 0.1) is 12.2 Å². The van der Waals surface area contributed by atoms with Gasteiger partial charge in [-0.05, 0) is 40.8 Å². The maximum absolute atomic E-state index is 12.6. The number of fused-ring (bicyclic) bond motifs is 4. The van der Waals surface area contributed by atoms with Crippen molar-refractivity contribution in [3.63, 3.8) is 0 Å². The van der Waals surface area contributed by atoms with Gasteiger partial charge in [0.1, 0.15) is 5.75 Å². The summed E-state index contributed by atoms with van der Waals surface area (Å²) < 4.78 is 5.56. The molecule has 0 aliphatic carbocycles. The van der Waals surface area contributed by atoms with Crippen molar-refractivity contribution in [2.75, 3.05) is 26.2 Å². The number of rotatable bonds is 1. The first-order valence-electron chi connectivity index (χ1n) is 9.14. The molecule has 0 bridgehead atoms. The van der Waals surface area contributed by atoms with E-state index in [1.807, 2.05) is 24.3 Å². The van der Waals surface area contributed by atoms with Crippen LogP contribution in [0, 0.1) is 5.92 Å². The standard InChI is InChI=1S/C21H20N2O3/c24-19-5-6-26-20-4-2-13(8-17(19)20)12-1-3-15-16(7-12)21(25)23-10-14-9-22-11-18(14)15/h1-4,7-8,14,18,22H,5-6,9-11H2,(H,23,25). The fourth-order valence-corrected chi connectivity index (χ4v) is 4.33. The van der Waals surface area contributed by atoms with E-state index < -0.39 is 0 Å². The minimum atomic E-state index is -0.00591. The normalized spacial score (nSPS) is 24.0. The number of carbonyl (C=O) groups is 2. The van der Waals surface area contributed by atoms with Crippen molar-refractivity contribution in [2.45, 2.75) is 12.3 Å². The summed E-state index contributed by atoms with van der Waals surface area (Å²) in [6.45, 7) is 3.02. The maximum atomic E-state index is 12.6. The third-order valence-electron chi connectivity index (χ3n) is 5.76. The van der Waals surface area contributed by atoms with Crippen LogP contribution in [-0.4, -0.2) is 37.9 Å². The molecule has 0 radical (unpaired) electrons. The molecule has 5 rings (SSSR count). The monoisotopic (exact) mass is 348 g/mol. The lowest BCUT2D eigenvalue weighted by Gasteiger charge is -2.18. The zero-order chi connectivity index (χ0) is 17.7. The van der Waals surface area contributed by atoms with Gasteiger partial charge in [0.15, 0.2) is 5.78 Å². The predicted octanol–water partition coefficient (Wildman–Crippen LogP) is 2.37. The number of hydrogen-bond acceptors (Lipinski definition) is 4. The van der Waals surface area contributed by atoms with Crippen LogP contribution in [0.15, 0.2) is 36.4 Å². The van der Waals surface area contributed by atoms with E-state index in [4.69, 9.17) is 4.74 Å². The lowest BCUT2D eigenvalue weighted by Crippen LogP contribution is -2.28. The van der Waals surface area contributed by atoms with E-state index in [0.29, 0.717) is 42.7 Å². The summed E-state index contributed by atoms with van der Waals surface area (Å²) in [4.78, 5) is 24.8. The van der Waals surface area contributed by atoms with Gasteiger partial charge < -0.3 is 15.4 Å². The first-order chi connectivity index (χ1) is 12.7. The number of carbonyl (C=O) groups excluding carboxylic acids is 2. The second-order valence-electron chi connectivity index (χ2n) is 7.27. The van der Waals surface area contributed by atoms with Gasteiger partial charge in [-0.1, -0.05) is 18.2 Å². The summed E-state index contributed by atoms with van der Waals surface area (Å²) >= 11 is 0. The molecule has 3 aliphatic heterocycles. The van der Waals surface area contributed by atoms with Crippen molar-refractivity contribution < 1.29 is 14.3 Å². The Kier molecular flexibility index (Phi) is 3.57. The third kappa shape index (κ3) is 2.42. The number of Topliss-reactive ketones (excluding diaryl/α,β-unsaturated/α-hetero) is 1. The predicted molar refractivity (Wildman–Crippen MR) is 97.8 cm³/mol. The van der Waals surface area contributed by atoms with Crippen LogP contribution in [0.5, 0.6) is 5.75 Å². The fraction of sp³-hybridized carbons (Fsp3) is 0.333. The van der Waals surface area contributed by atoms with Gasteiger partial charge in [-0.25, -0.2) is 0 Å². The summed E-state index contributed by atoms with van der Waals surface area (Å²) in [5, 5.41) is 6.49. The summed E-state index contributed by atoms with van der Waals surface area (Å²) in [5.74, 6) is 1.58. The number of benzene rings is 2. The molecule has 26 heavy (non-hydrogen) atoms. The number of ketones is 1. The lowest BCUT2D eigenvalue weighted by molar-refractivity contribution is 0.0930. The van der Waals surface area contributed by atoms with E-state index in [2.05, 4.69) is 22.8 Å². The highest BCUT2D eigenvalue weighted by atomic mass is 16.5. The molecule has 5 heteroatoms. The quantitative estimate of drug-likeness (QED) is 0.830. The molecule has 2 N–H and O–H groups in total. The molecule has 2 atom stereocenters. The van der Waals surface area contributed by atoms with Crippen molar-refractivity contribution in [1.29, 1.82) is 0 Å². The third-order valence-corrected chi connectivity index (χ3v) is 5.76. The molecule has 0 aromatic heterocycles. The van der Waals surface area contributed by atoms with E-state index in [1.54, 1.807) is 0 Å². The average molecular weight is 348 g/mol. The van der Waals surface area contributed by atoms with E-state index >= 15 is 0 Å². The van der Waals surface area contributed by atoms with Crippen LogP contribution in [0.2, 0.25) is 0 Å². The smallest absolute Gasteiger partial charge is 0.251 e. The number of amides is 1. The molecule has 0 spiro atoms. The molecule has 132 valence electrons. The van der Waals surface area contributed by atoms with Crippen LogP contribution in [0.25, 0.3) is 11.1 Å². The SMILES string of the molecule is O=C1CCOc2ccc(-c3ccc4c(c3)C(=O)NCC3CNCC43)cc21. The number of hydrogen-bond donors (Lipinski definition) is 2. The largest absolute Gasteiger partial charge is 0.492 e. The first kappa shape index (κ1) is 15.6. The minimum Gasteiger partial charge on any atom is -0.492 e. The zero-order valence-corrected chi connectivity index (χ0v) is 14.4. The topological polar surface area (TPSA) is 67.4 Å². The van der Waals surface area contributed by atoms with Gasteiger partial charge >= 0.3 is 0 Å². The van der Waals surface area contributed by atoms with Crippen LogP contribution in [0.1, 0.15) is 38.6 Å². The van der Waals surface area contributed by atoms with Gasteiger partial charge in [-0.2, -0.15) is 0 Å². The summed E-state index contributed by atoms with van der Waals surface area (Å²) in [6.07, 6.45) is 0.416. The van der Waals surface area contributed by atoms with Crippen LogP contribution in [0.3, 0.4) is 0 Å². The Balaban J connectivity index is 1.58. The van der Waals surface area contributed by atoms with E-state index in [0.717, 1.165) is 35.3 Å². The van der Waals surface area contributed by atoms with Crippen LogP contribution < -0.4 is 15.4 Å². The van der Waals surface area contributed by atoms with Crippen molar-refractivity contribution in [2.24, 2.45) is 5.92 Å². The Labute approximate surface area is 151 Å². The van der Waals surface area contributed by atoms with E-state index in [-0.39, 0.29) is 11.7 Å². The molecule has 2 unspecified atom stereocenters. The van der Waals surface area contributed by atoms with Crippen molar-refractivity contribution in [1.82, 2.24) is 10.6 Å². The Morgan fingerprint density at radius 2 is 1.73 bits per heavy atom. The summed E-state index contributed by atoms with van der Waals surface area (Å²) in [6, 6.07) is 11.8. The summed E-state index contributed by atoms with van der Waals surface area (Å²) in [7, 11) is 0. The number of ether oxygens (including phenoxy) is 1. The van der Waals surface area contributed by atoms with Crippen molar-refractivity contribution in [3.05, 3.63) is 53.1 Å². The lowest BCUT2D eigenvalue weighted by atomic mass is 9.86. The Morgan fingerprint density at radius 3 is 2.62 bits per heavy atom. The number of nitrogens with one attached hydrogen (secondary N) is 2.